The molecule has 1 saturated heterocycles. The summed E-state index contributed by atoms with van der Waals surface area (Å²) < 4.78 is 4.59. The van der Waals surface area contributed by atoms with Crippen LogP contribution in [-0.2, 0) is 4.74 Å². The van der Waals surface area contributed by atoms with Crippen molar-refractivity contribution in [1.82, 2.24) is 0 Å². The number of aliphatic hydroxyl groups excluding tert-OH is 4. The Kier molecular flexibility index (Phi) is 3.18. The van der Waals surface area contributed by atoms with Gasteiger partial charge in [-0.2, -0.15) is 0 Å². The molecule has 0 aliphatic carbocycles. The molecule has 7 heteroatoms. The Labute approximate surface area is 79.8 Å². The second kappa shape index (κ2) is 3.70. The van der Waals surface area contributed by atoms with Crippen molar-refractivity contribution < 1.29 is 30.3 Å². The number of thiol groups is 1. The molecule has 5 atom stereocenters. The van der Waals surface area contributed by atoms with Crippen molar-refractivity contribution >= 4 is 12.6 Å². The molecule has 0 amide bonds. The first kappa shape index (κ1) is 11.2. The second-order valence-corrected chi connectivity index (χ2v) is 3.64. The number of ether oxygens (including phenoxy) is 1. The highest BCUT2D eigenvalue weighted by Crippen LogP contribution is 2.31. The molecule has 5 N–H and O–H groups in total. The van der Waals surface area contributed by atoms with Crippen molar-refractivity contribution in [2.24, 2.45) is 0 Å². The molecule has 0 aromatic carbocycles. The van der Waals surface area contributed by atoms with Crippen LogP contribution >= 0.6 is 12.6 Å². The molecule has 1 unspecified atom stereocenters. The summed E-state index contributed by atoms with van der Waals surface area (Å²) in [4.78, 5) is -2.19. The highest BCUT2D eigenvalue weighted by Gasteiger charge is 2.52. The molecule has 1 rings (SSSR count). The Morgan fingerprint density at radius 3 is 2.23 bits per heavy atom. The van der Waals surface area contributed by atoms with Gasteiger partial charge in [-0.05, 0) is 0 Å². The fourth-order valence-electron chi connectivity index (χ4n) is 1.13. The highest BCUT2D eigenvalue weighted by molar-refractivity contribution is 7.81. The predicted molar refractivity (Wildman–Crippen MR) is 43.9 cm³/mol. The zero-order valence-corrected chi connectivity index (χ0v) is 7.50. The van der Waals surface area contributed by atoms with Crippen LogP contribution in [0.5, 0.6) is 0 Å². The van der Waals surface area contributed by atoms with Crippen LogP contribution in [0.2, 0.25) is 0 Å². The summed E-state index contributed by atoms with van der Waals surface area (Å²) in [5.41, 5.74) is 0. The summed E-state index contributed by atoms with van der Waals surface area (Å²) in [6.45, 7) is -0.589. The average Bonchev–Trinajstić information content (AvgIpc) is 2.09. The Balaban J connectivity index is 2.82. The zero-order valence-electron chi connectivity index (χ0n) is 6.61. The van der Waals surface area contributed by atoms with Gasteiger partial charge in [-0.1, -0.05) is 0 Å². The van der Waals surface area contributed by atoms with E-state index >= 15 is 0 Å². The molecule has 0 radical (unpaired) electrons. The van der Waals surface area contributed by atoms with E-state index in [-0.39, 0.29) is 0 Å². The summed E-state index contributed by atoms with van der Waals surface area (Å²) in [7, 11) is 0. The minimum absolute atomic E-state index is 0.589. The maximum absolute atomic E-state index is 9.40. The van der Waals surface area contributed by atoms with Crippen molar-refractivity contribution in [1.29, 1.82) is 0 Å². The van der Waals surface area contributed by atoms with E-state index in [0.717, 1.165) is 0 Å². The molecule has 0 spiro atoms. The van der Waals surface area contributed by atoms with Gasteiger partial charge in [-0.15, -0.1) is 12.6 Å². The number of aliphatic hydroxyl groups is 5. The van der Waals surface area contributed by atoms with E-state index in [2.05, 4.69) is 17.4 Å². The molecule has 0 aromatic heterocycles. The normalized spacial score (nSPS) is 52.2. The van der Waals surface area contributed by atoms with Gasteiger partial charge in [-0.25, -0.2) is 0 Å². The van der Waals surface area contributed by atoms with Gasteiger partial charge in [-0.3, -0.25) is 0 Å². The van der Waals surface area contributed by atoms with E-state index in [1.807, 2.05) is 0 Å². The van der Waals surface area contributed by atoms with Crippen molar-refractivity contribution in [3.63, 3.8) is 0 Å². The summed E-state index contributed by atoms with van der Waals surface area (Å²) in [5, 5.41) is 45.5. The Hall–Kier alpha value is 0.110. The minimum Gasteiger partial charge on any atom is -0.394 e. The molecule has 0 aromatic rings. The SMILES string of the molecule is OC[C@H]1OC(O)[C@@H](O)[C@@](O)(S)[C@H]1O. The molecular formula is C6H12O6S. The summed E-state index contributed by atoms with van der Waals surface area (Å²) in [6.07, 6.45) is -6.14. The van der Waals surface area contributed by atoms with Gasteiger partial charge in [0, 0.05) is 0 Å². The number of hydrogen-bond donors (Lipinski definition) is 6. The lowest BCUT2D eigenvalue weighted by Gasteiger charge is -2.43. The van der Waals surface area contributed by atoms with Crippen LogP contribution in [0.15, 0.2) is 0 Å². The van der Waals surface area contributed by atoms with Crippen LogP contribution in [0.3, 0.4) is 0 Å². The Morgan fingerprint density at radius 2 is 1.77 bits per heavy atom. The smallest absolute Gasteiger partial charge is 0.185 e. The molecule has 6 nitrogen and oxygen atoms in total. The lowest BCUT2D eigenvalue weighted by atomic mass is 9.98. The van der Waals surface area contributed by atoms with Crippen LogP contribution < -0.4 is 0 Å². The van der Waals surface area contributed by atoms with Crippen molar-refractivity contribution in [2.75, 3.05) is 6.61 Å². The van der Waals surface area contributed by atoms with Crippen molar-refractivity contribution in [3.05, 3.63) is 0 Å². The van der Waals surface area contributed by atoms with Crippen molar-refractivity contribution in [3.8, 4) is 0 Å². The van der Waals surface area contributed by atoms with Crippen LogP contribution in [-0.4, -0.2) is 61.7 Å². The summed E-state index contributed by atoms with van der Waals surface area (Å²) >= 11 is 3.58. The Morgan fingerprint density at radius 1 is 1.23 bits per heavy atom. The van der Waals surface area contributed by atoms with Crippen LogP contribution in [0.25, 0.3) is 0 Å². The minimum atomic E-state index is -2.19. The van der Waals surface area contributed by atoms with E-state index in [0.29, 0.717) is 0 Å². The fourth-order valence-corrected chi connectivity index (χ4v) is 1.42. The number of rotatable bonds is 1. The first-order valence-electron chi connectivity index (χ1n) is 3.66. The average molecular weight is 212 g/mol. The molecule has 1 aliphatic heterocycles. The summed E-state index contributed by atoms with van der Waals surface area (Å²) in [5.74, 6) is 0. The topological polar surface area (TPSA) is 110 Å². The van der Waals surface area contributed by atoms with Gasteiger partial charge in [0.15, 0.2) is 11.2 Å². The summed E-state index contributed by atoms with van der Waals surface area (Å²) in [6, 6.07) is 0. The predicted octanol–water partition coefficient (Wildman–Crippen LogP) is -2.96. The van der Waals surface area contributed by atoms with E-state index in [9.17, 15) is 10.2 Å². The van der Waals surface area contributed by atoms with Crippen LogP contribution in [0, 0.1) is 0 Å². The van der Waals surface area contributed by atoms with E-state index in [1.165, 1.54) is 0 Å². The largest absolute Gasteiger partial charge is 0.394 e. The van der Waals surface area contributed by atoms with E-state index < -0.39 is 36.1 Å². The third-order valence-corrected chi connectivity index (χ3v) is 2.52. The quantitative estimate of drug-likeness (QED) is 0.205. The molecule has 13 heavy (non-hydrogen) atoms. The van der Waals surface area contributed by atoms with E-state index in [1.54, 1.807) is 0 Å². The molecule has 1 aliphatic rings. The monoisotopic (exact) mass is 212 g/mol. The first-order valence-corrected chi connectivity index (χ1v) is 4.11. The van der Waals surface area contributed by atoms with Gasteiger partial charge in [0.1, 0.15) is 18.3 Å². The number of hydrogen-bond acceptors (Lipinski definition) is 7. The molecule has 1 fully saturated rings. The van der Waals surface area contributed by atoms with Gasteiger partial charge in [0.25, 0.3) is 0 Å². The second-order valence-electron chi connectivity index (χ2n) is 2.92. The van der Waals surface area contributed by atoms with Crippen LogP contribution in [0.4, 0.5) is 0 Å². The Bertz CT molecular complexity index is 186. The molecule has 78 valence electrons. The van der Waals surface area contributed by atoms with Gasteiger partial charge in [0.05, 0.1) is 6.61 Å². The maximum Gasteiger partial charge on any atom is 0.185 e. The first-order chi connectivity index (χ1) is 5.91. The fraction of sp³-hybridized carbons (Fsp3) is 1.00. The van der Waals surface area contributed by atoms with Gasteiger partial charge in [0.2, 0.25) is 0 Å². The molecule has 0 saturated carbocycles. The molecule has 0 bridgehead atoms. The van der Waals surface area contributed by atoms with Crippen LogP contribution in [0.1, 0.15) is 0 Å². The van der Waals surface area contributed by atoms with E-state index in [4.69, 9.17) is 15.3 Å². The van der Waals surface area contributed by atoms with Gasteiger partial charge >= 0.3 is 0 Å². The lowest BCUT2D eigenvalue weighted by molar-refractivity contribution is -0.296. The third-order valence-electron chi connectivity index (χ3n) is 1.99. The van der Waals surface area contributed by atoms with Gasteiger partial charge < -0.3 is 30.3 Å². The third kappa shape index (κ3) is 1.82. The van der Waals surface area contributed by atoms with Crippen molar-refractivity contribution in [2.45, 2.75) is 29.5 Å². The lowest BCUT2D eigenvalue weighted by Crippen LogP contribution is -2.64. The molecular weight excluding hydrogens is 200 g/mol. The zero-order chi connectivity index (χ0) is 10.2. The maximum atomic E-state index is 9.40. The highest BCUT2D eigenvalue weighted by atomic mass is 32.1. The standard InChI is InChI=1S/C6H12O6S/c7-1-2-3(8)6(11,13)4(9)5(10)12-2/h2-5,7-11,13H,1H2/t2-,3+,4-,5?,6+/m1/s1. The molecule has 1 heterocycles.